The molecular formula is C35H36O2S. The van der Waals surface area contributed by atoms with Crippen molar-refractivity contribution >= 4 is 22.9 Å². The summed E-state index contributed by atoms with van der Waals surface area (Å²) in [6, 6.07) is 35.8. The summed E-state index contributed by atoms with van der Waals surface area (Å²) in [7, 11) is 0. The number of phenolic OH excluding ortho intramolecular Hbond substituents is 1. The average Bonchev–Trinajstić information content (AvgIpc) is 3.15. The molecule has 2 nitrogen and oxygen atoms in total. The van der Waals surface area contributed by atoms with Gasteiger partial charge in [-0.05, 0) is 108 Å². The van der Waals surface area contributed by atoms with Crippen molar-refractivity contribution in [2.45, 2.75) is 44.3 Å². The van der Waals surface area contributed by atoms with Crippen molar-refractivity contribution in [2.75, 3.05) is 12.4 Å². The zero-order chi connectivity index (χ0) is 26.0. The Bertz CT molecular complexity index is 1330. The molecule has 0 saturated heterocycles. The fraction of sp³-hybridized carbons (Fsp3) is 0.257. The van der Waals surface area contributed by atoms with Crippen LogP contribution in [-0.4, -0.2) is 17.5 Å². The Morgan fingerprint density at radius 2 is 1.47 bits per heavy atom. The van der Waals surface area contributed by atoms with E-state index in [0.29, 0.717) is 5.75 Å². The van der Waals surface area contributed by atoms with Gasteiger partial charge in [0.15, 0.2) is 0 Å². The van der Waals surface area contributed by atoms with Crippen LogP contribution in [0.2, 0.25) is 0 Å². The molecular weight excluding hydrogens is 484 g/mol. The molecule has 0 heterocycles. The lowest BCUT2D eigenvalue weighted by Crippen LogP contribution is -1.99. The van der Waals surface area contributed by atoms with E-state index in [0.717, 1.165) is 43.8 Å². The Labute approximate surface area is 231 Å². The van der Waals surface area contributed by atoms with E-state index in [-0.39, 0.29) is 0 Å². The number of hydrogen-bond acceptors (Lipinski definition) is 3. The lowest BCUT2D eigenvalue weighted by Gasteiger charge is -2.17. The minimum atomic E-state index is 0.338. The van der Waals surface area contributed by atoms with Crippen LogP contribution < -0.4 is 4.74 Å². The van der Waals surface area contributed by atoms with Crippen molar-refractivity contribution in [2.24, 2.45) is 0 Å². The number of unbranched alkanes of at least 4 members (excludes halogenated alkanes) is 2. The second kappa shape index (κ2) is 13.4. The average molecular weight is 521 g/mol. The number of allylic oxidation sites excluding steroid dienone is 1. The summed E-state index contributed by atoms with van der Waals surface area (Å²) in [5.41, 5.74) is 8.94. The number of phenols is 1. The number of rotatable bonds is 11. The maximum atomic E-state index is 10.1. The molecule has 1 aliphatic rings. The summed E-state index contributed by atoms with van der Waals surface area (Å²) in [4.78, 5) is 0. The summed E-state index contributed by atoms with van der Waals surface area (Å²) in [5, 5.41) is 10.1. The van der Waals surface area contributed by atoms with Gasteiger partial charge in [0.05, 0.1) is 6.61 Å². The van der Waals surface area contributed by atoms with Crippen LogP contribution in [0.5, 0.6) is 11.5 Å². The highest BCUT2D eigenvalue weighted by Crippen LogP contribution is 2.41. The highest BCUT2D eigenvalue weighted by molar-refractivity contribution is 7.98. The summed E-state index contributed by atoms with van der Waals surface area (Å²) >= 11 is 2.01. The molecule has 0 aromatic heterocycles. The number of aryl methyl sites for hydroxylation is 1. The number of benzene rings is 4. The molecule has 3 heteroatoms. The van der Waals surface area contributed by atoms with Crippen molar-refractivity contribution in [1.82, 2.24) is 0 Å². The molecule has 194 valence electrons. The van der Waals surface area contributed by atoms with Gasteiger partial charge in [-0.15, -0.1) is 0 Å². The first-order chi connectivity index (χ1) is 18.8. The number of ether oxygens (including phenoxy) is 1. The Hall–Kier alpha value is -3.43. The summed E-state index contributed by atoms with van der Waals surface area (Å²) in [6.45, 7) is 0.753. The van der Waals surface area contributed by atoms with Crippen LogP contribution in [0.3, 0.4) is 0 Å². The topological polar surface area (TPSA) is 29.5 Å². The quantitative estimate of drug-likeness (QED) is 0.200. The van der Waals surface area contributed by atoms with Crippen LogP contribution in [0.1, 0.15) is 59.9 Å². The molecule has 5 rings (SSSR count). The number of fused-ring (bicyclic) bond motifs is 1. The van der Waals surface area contributed by atoms with Gasteiger partial charge in [-0.2, -0.15) is 11.8 Å². The molecule has 0 aliphatic heterocycles. The maximum Gasteiger partial charge on any atom is 0.119 e. The SMILES string of the molecule is Oc1ccc2c(c1)CCCC(c1ccccc1)=C2c1ccc(OCCCCCSCc2ccccc2)cc1. The molecule has 0 saturated carbocycles. The minimum Gasteiger partial charge on any atom is -0.508 e. The molecule has 4 aromatic carbocycles. The number of hydrogen-bond donors (Lipinski definition) is 1. The van der Waals surface area contributed by atoms with E-state index >= 15 is 0 Å². The fourth-order valence-electron chi connectivity index (χ4n) is 5.19. The first kappa shape index (κ1) is 26.2. The van der Waals surface area contributed by atoms with Gasteiger partial charge in [0.2, 0.25) is 0 Å². The molecule has 38 heavy (non-hydrogen) atoms. The van der Waals surface area contributed by atoms with Crippen LogP contribution in [0.15, 0.2) is 103 Å². The predicted molar refractivity (Wildman–Crippen MR) is 162 cm³/mol. The predicted octanol–water partition coefficient (Wildman–Crippen LogP) is 9.17. The van der Waals surface area contributed by atoms with Crippen molar-refractivity contribution in [3.05, 3.63) is 131 Å². The van der Waals surface area contributed by atoms with Crippen molar-refractivity contribution < 1.29 is 9.84 Å². The van der Waals surface area contributed by atoms with Gasteiger partial charge >= 0.3 is 0 Å². The summed E-state index contributed by atoms with van der Waals surface area (Å²) < 4.78 is 6.09. The smallest absolute Gasteiger partial charge is 0.119 e. The summed E-state index contributed by atoms with van der Waals surface area (Å²) in [6.07, 6.45) is 6.54. The lowest BCUT2D eigenvalue weighted by atomic mass is 9.88. The van der Waals surface area contributed by atoms with E-state index in [9.17, 15) is 5.11 Å². The monoisotopic (exact) mass is 520 g/mol. The van der Waals surface area contributed by atoms with Crippen molar-refractivity contribution in [3.8, 4) is 11.5 Å². The molecule has 0 atom stereocenters. The van der Waals surface area contributed by atoms with Gasteiger partial charge in [0.1, 0.15) is 11.5 Å². The molecule has 0 radical (unpaired) electrons. The zero-order valence-corrected chi connectivity index (χ0v) is 22.8. The first-order valence-electron chi connectivity index (χ1n) is 13.7. The van der Waals surface area contributed by atoms with E-state index < -0.39 is 0 Å². The van der Waals surface area contributed by atoms with Gasteiger partial charge in [-0.1, -0.05) is 78.9 Å². The highest BCUT2D eigenvalue weighted by atomic mass is 32.2. The van der Waals surface area contributed by atoms with Crippen LogP contribution >= 0.6 is 11.8 Å². The Morgan fingerprint density at radius 3 is 2.26 bits per heavy atom. The Morgan fingerprint density at radius 1 is 0.711 bits per heavy atom. The molecule has 4 aromatic rings. The maximum absolute atomic E-state index is 10.1. The van der Waals surface area contributed by atoms with Crippen molar-refractivity contribution in [3.63, 3.8) is 0 Å². The minimum absolute atomic E-state index is 0.338. The van der Waals surface area contributed by atoms with E-state index in [1.165, 1.54) is 57.6 Å². The molecule has 0 spiro atoms. The fourth-order valence-corrected chi connectivity index (χ4v) is 6.17. The van der Waals surface area contributed by atoms with Gasteiger partial charge in [-0.25, -0.2) is 0 Å². The first-order valence-corrected chi connectivity index (χ1v) is 14.9. The number of aromatic hydroxyl groups is 1. The Balaban J connectivity index is 1.21. The molecule has 1 aliphatic carbocycles. The van der Waals surface area contributed by atoms with Crippen LogP contribution in [0.4, 0.5) is 0 Å². The normalized spacial score (nSPS) is 13.2. The molecule has 0 fully saturated rings. The highest BCUT2D eigenvalue weighted by Gasteiger charge is 2.20. The third kappa shape index (κ3) is 6.90. The van der Waals surface area contributed by atoms with Crippen LogP contribution in [0, 0.1) is 0 Å². The largest absolute Gasteiger partial charge is 0.508 e. The Kier molecular flexibility index (Phi) is 9.23. The van der Waals surface area contributed by atoms with E-state index in [4.69, 9.17) is 4.74 Å². The molecule has 0 unspecified atom stereocenters. The van der Waals surface area contributed by atoms with E-state index in [1.807, 2.05) is 23.9 Å². The van der Waals surface area contributed by atoms with Gasteiger partial charge < -0.3 is 9.84 Å². The zero-order valence-electron chi connectivity index (χ0n) is 21.9. The van der Waals surface area contributed by atoms with Gasteiger partial charge in [0, 0.05) is 5.75 Å². The molecule has 0 bridgehead atoms. The van der Waals surface area contributed by atoms with Crippen molar-refractivity contribution in [1.29, 1.82) is 0 Å². The molecule has 1 N–H and O–H groups in total. The third-order valence-electron chi connectivity index (χ3n) is 7.11. The lowest BCUT2D eigenvalue weighted by molar-refractivity contribution is 0.306. The van der Waals surface area contributed by atoms with Crippen LogP contribution in [-0.2, 0) is 12.2 Å². The van der Waals surface area contributed by atoms with E-state index in [2.05, 4.69) is 91.0 Å². The molecule has 0 amide bonds. The second-order valence-electron chi connectivity index (χ2n) is 9.89. The summed E-state index contributed by atoms with van der Waals surface area (Å²) in [5.74, 6) is 3.55. The number of thioether (sulfide) groups is 1. The standard InChI is InChI=1S/C35H36O2S/c36-31-19-22-34-30(25-31)15-10-16-33(28-13-6-2-7-14-28)35(34)29-17-20-32(21-18-29)37-23-8-3-9-24-38-26-27-11-4-1-5-12-27/h1-2,4-7,11-14,17-22,25,36H,3,8-10,15-16,23-24,26H2. The van der Waals surface area contributed by atoms with Crippen LogP contribution in [0.25, 0.3) is 11.1 Å². The van der Waals surface area contributed by atoms with Gasteiger partial charge in [-0.3, -0.25) is 0 Å². The third-order valence-corrected chi connectivity index (χ3v) is 8.23. The van der Waals surface area contributed by atoms with E-state index in [1.54, 1.807) is 0 Å². The second-order valence-corrected chi connectivity index (χ2v) is 11.0. The van der Waals surface area contributed by atoms with Gasteiger partial charge in [0.25, 0.3) is 0 Å².